The number of fused-ring (bicyclic) bond motifs is 1. The summed E-state index contributed by atoms with van der Waals surface area (Å²) < 4.78 is 29.7. The van der Waals surface area contributed by atoms with Crippen LogP contribution in [0.2, 0.25) is 0 Å². The third-order valence-corrected chi connectivity index (χ3v) is 8.32. The Morgan fingerprint density at radius 3 is 2.51 bits per heavy atom. The Morgan fingerprint density at radius 1 is 1.10 bits per heavy atom. The second kappa shape index (κ2) is 11.4. The standard InChI is InChI=1S/C26H33N7O5S/c1-16-12-17(2)22(18(3)13-16)39(37,38)33-26(24(35)36,8-4-5-9-27-25-28-10-11-29-25)31-23(34)19-6-7-21-20(14-19)15-30-32-21/h6-7,12-15,33H,4-5,8-11H2,1-3H3,(H,30,32)(H,31,34)(H,35,36)(H2,27,28,29)/t26-/m0/s1. The Balaban J connectivity index is 1.62. The molecule has 0 spiro atoms. The van der Waals surface area contributed by atoms with Crippen molar-refractivity contribution in [3.8, 4) is 0 Å². The van der Waals surface area contributed by atoms with Gasteiger partial charge >= 0.3 is 5.97 Å². The van der Waals surface area contributed by atoms with Gasteiger partial charge in [0.05, 0.1) is 23.2 Å². The molecule has 0 saturated carbocycles. The molecule has 0 bridgehead atoms. The van der Waals surface area contributed by atoms with Crippen molar-refractivity contribution >= 4 is 38.8 Å². The zero-order valence-corrected chi connectivity index (χ0v) is 22.9. The molecule has 3 aromatic rings. The zero-order valence-electron chi connectivity index (χ0n) is 22.1. The minimum absolute atomic E-state index is 0.0141. The molecule has 208 valence electrons. The van der Waals surface area contributed by atoms with Gasteiger partial charge in [-0.25, -0.2) is 13.2 Å². The molecule has 13 heteroatoms. The Kier molecular flexibility index (Phi) is 8.21. The van der Waals surface area contributed by atoms with Crippen LogP contribution in [0.1, 0.15) is 46.3 Å². The highest BCUT2D eigenvalue weighted by Gasteiger charge is 2.44. The van der Waals surface area contributed by atoms with Crippen LogP contribution in [0.15, 0.2) is 46.4 Å². The van der Waals surface area contributed by atoms with E-state index in [0.29, 0.717) is 53.9 Å². The fourth-order valence-corrected chi connectivity index (χ4v) is 6.57. The smallest absolute Gasteiger partial charge is 0.345 e. The third-order valence-electron chi connectivity index (χ3n) is 6.52. The van der Waals surface area contributed by atoms with Gasteiger partial charge in [0, 0.05) is 24.0 Å². The monoisotopic (exact) mass is 555 g/mol. The lowest BCUT2D eigenvalue weighted by Crippen LogP contribution is -2.65. The number of nitrogens with zero attached hydrogens (tertiary/aromatic N) is 2. The average molecular weight is 556 g/mol. The lowest BCUT2D eigenvalue weighted by Gasteiger charge is -2.32. The van der Waals surface area contributed by atoms with Gasteiger partial charge in [-0.2, -0.15) is 9.82 Å². The number of carboxylic acid groups (broad SMARTS) is 1. The van der Waals surface area contributed by atoms with E-state index in [4.69, 9.17) is 0 Å². The maximum absolute atomic E-state index is 13.7. The topological polar surface area (TPSA) is 178 Å². The van der Waals surface area contributed by atoms with E-state index in [1.54, 1.807) is 44.3 Å². The van der Waals surface area contributed by atoms with E-state index >= 15 is 0 Å². The molecule has 6 N–H and O–H groups in total. The number of aliphatic carboxylic acids is 1. The number of hydrogen-bond donors (Lipinski definition) is 6. The first-order valence-electron chi connectivity index (χ1n) is 12.6. The van der Waals surface area contributed by atoms with Crippen LogP contribution < -0.4 is 20.7 Å². The summed E-state index contributed by atoms with van der Waals surface area (Å²) in [5, 5.41) is 26.5. The number of carbonyl (C=O) groups excluding carboxylic acids is 1. The number of amides is 1. The van der Waals surface area contributed by atoms with Crippen molar-refractivity contribution in [2.45, 2.75) is 50.6 Å². The van der Waals surface area contributed by atoms with Gasteiger partial charge in [-0.1, -0.05) is 17.7 Å². The summed E-state index contributed by atoms with van der Waals surface area (Å²) >= 11 is 0. The average Bonchev–Trinajstić information content (AvgIpc) is 3.54. The Morgan fingerprint density at radius 2 is 1.85 bits per heavy atom. The van der Waals surface area contributed by atoms with Crippen LogP contribution in [0.4, 0.5) is 0 Å². The predicted molar refractivity (Wildman–Crippen MR) is 147 cm³/mol. The molecule has 0 unspecified atom stereocenters. The number of carboxylic acids is 1. The number of hydrogen-bond acceptors (Lipinski definition) is 8. The molecule has 1 aromatic heterocycles. The minimum atomic E-state index is -4.36. The first-order valence-corrected chi connectivity index (χ1v) is 14.1. The van der Waals surface area contributed by atoms with Crippen molar-refractivity contribution in [2.75, 3.05) is 19.6 Å². The van der Waals surface area contributed by atoms with Crippen LogP contribution in [-0.2, 0) is 14.8 Å². The molecule has 2 aromatic carbocycles. The second-order valence-electron chi connectivity index (χ2n) is 9.71. The highest BCUT2D eigenvalue weighted by atomic mass is 32.2. The Hall–Kier alpha value is -3.97. The highest BCUT2D eigenvalue weighted by molar-refractivity contribution is 7.89. The number of rotatable bonds is 11. The molecular formula is C26H33N7O5S. The molecule has 2 heterocycles. The van der Waals surface area contributed by atoms with Crippen LogP contribution in [0, 0.1) is 20.8 Å². The quantitative estimate of drug-likeness (QED) is 0.153. The lowest BCUT2D eigenvalue weighted by molar-refractivity contribution is -0.145. The van der Waals surface area contributed by atoms with E-state index in [2.05, 4.69) is 35.9 Å². The van der Waals surface area contributed by atoms with Crippen LogP contribution in [0.3, 0.4) is 0 Å². The van der Waals surface area contributed by atoms with Crippen LogP contribution in [-0.4, -0.2) is 66.9 Å². The van der Waals surface area contributed by atoms with Gasteiger partial charge in [0.1, 0.15) is 0 Å². The third kappa shape index (κ3) is 6.37. The SMILES string of the molecule is Cc1cc(C)c(S(=O)(=O)N[C@](CCCCNC2=NCCN2)(NC(=O)c2ccc3[nH]ncc3c2)C(=O)O)c(C)c1. The summed E-state index contributed by atoms with van der Waals surface area (Å²) in [5.74, 6) is -1.57. The van der Waals surface area contributed by atoms with E-state index < -0.39 is 27.6 Å². The van der Waals surface area contributed by atoms with Crippen molar-refractivity contribution in [3.63, 3.8) is 0 Å². The maximum Gasteiger partial charge on any atom is 0.345 e. The number of carbonyl (C=O) groups is 2. The molecule has 4 rings (SSSR count). The summed E-state index contributed by atoms with van der Waals surface area (Å²) in [6, 6.07) is 8.16. The normalized spacial score (nSPS) is 14.9. The van der Waals surface area contributed by atoms with Crippen LogP contribution >= 0.6 is 0 Å². The molecule has 1 amide bonds. The van der Waals surface area contributed by atoms with Crippen LogP contribution in [0.5, 0.6) is 0 Å². The number of sulfonamides is 1. The molecule has 0 fully saturated rings. The lowest BCUT2D eigenvalue weighted by atomic mass is 10.0. The fraction of sp³-hybridized carbons (Fsp3) is 0.385. The van der Waals surface area contributed by atoms with E-state index in [1.807, 2.05) is 6.92 Å². The van der Waals surface area contributed by atoms with Gasteiger partial charge in [0.25, 0.3) is 5.91 Å². The van der Waals surface area contributed by atoms with Gasteiger partial charge in [0.2, 0.25) is 15.7 Å². The van der Waals surface area contributed by atoms with Gasteiger partial charge in [-0.15, -0.1) is 0 Å². The first-order chi connectivity index (χ1) is 18.5. The summed E-state index contributed by atoms with van der Waals surface area (Å²) in [7, 11) is -4.36. The van der Waals surface area contributed by atoms with Gasteiger partial charge in [-0.3, -0.25) is 14.9 Å². The number of aromatic nitrogens is 2. The second-order valence-corrected chi connectivity index (χ2v) is 11.3. The highest BCUT2D eigenvalue weighted by Crippen LogP contribution is 2.25. The molecule has 0 aliphatic carbocycles. The molecule has 1 aliphatic heterocycles. The number of aryl methyl sites for hydroxylation is 3. The molecule has 1 atom stereocenters. The molecule has 0 radical (unpaired) electrons. The van der Waals surface area contributed by atoms with E-state index in [-0.39, 0.29) is 16.9 Å². The Bertz CT molecular complexity index is 1510. The molecular weight excluding hydrogens is 522 g/mol. The van der Waals surface area contributed by atoms with Crippen molar-refractivity contribution in [2.24, 2.45) is 4.99 Å². The summed E-state index contributed by atoms with van der Waals surface area (Å²) in [6.07, 6.45) is 2.16. The summed E-state index contributed by atoms with van der Waals surface area (Å²) in [4.78, 5) is 30.3. The van der Waals surface area contributed by atoms with Crippen molar-refractivity contribution < 1.29 is 23.1 Å². The number of nitrogens with one attached hydrogen (secondary N) is 5. The molecule has 0 saturated heterocycles. The number of aromatic amines is 1. The number of guanidine groups is 1. The number of aliphatic imine (C=N–C) groups is 1. The fourth-order valence-electron chi connectivity index (χ4n) is 4.80. The van der Waals surface area contributed by atoms with E-state index in [0.717, 1.165) is 12.1 Å². The minimum Gasteiger partial charge on any atom is -0.478 e. The van der Waals surface area contributed by atoms with E-state index in [9.17, 15) is 23.1 Å². The van der Waals surface area contributed by atoms with Gasteiger partial charge in [0.15, 0.2) is 5.96 Å². The Labute approximate surface area is 226 Å². The van der Waals surface area contributed by atoms with Crippen molar-refractivity contribution in [1.29, 1.82) is 0 Å². The van der Waals surface area contributed by atoms with Gasteiger partial charge < -0.3 is 21.1 Å². The largest absolute Gasteiger partial charge is 0.478 e. The molecule has 12 nitrogen and oxygen atoms in total. The molecule has 39 heavy (non-hydrogen) atoms. The number of unbranched alkanes of at least 4 members (excludes halogenated alkanes) is 1. The van der Waals surface area contributed by atoms with Crippen molar-refractivity contribution in [1.82, 2.24) is 30.9 Å². The van der Waals surface area contributed by atoms with E-state index in [1.165, 1.54) is 6.07 Å². The maximum atomic E-state index is 13.7. The predicted octanol–water partition coefficient (Wildman–Crippen LogP) is 1.70. The first kappa shape index (κ1) is 28.0. The zero-order chi connectivity index (χ0) is 28.2. The van der Waals surface area contributed by atoms with Gasteiger partial charge in [-0.05, 0) is 69.4 Å². The number of benzene rings is 2. The summed E-state index contributed by atoms with van der Waals surface area (Å²) in [5.41, 5.74) is 0.411. The molecule has 1 aliphatic rings. The van der Waals surface area contributed by atoms with Crippen LogP contribution in [0.25, 0.3) is 10.9 Å². The van der Waals surface area contributed by atoms with Crippen molar-refractivity contribution in [3.05, 3.63) is 58.8 Å². The summed E-state index contributed by atoms with van der Waals surface area (Å²) in [6.45, 7) is 7.09. The number of H-pyrrole nitrogens is 1.